The van der Waals surface area contributed by atoms with Crippen molar-refractivity contribution in [3.63, 3.8) is 0 Å². The standard InChI is InChI=1S/C36H30F3N3O2/c37-36(38,39)32-22-29(24-42-20-8-7-13-34(42)35(43)44)27(15-14-25-9-3-1-4-10-25)21-28(32)16-17-33-31(23-40)30(18-19-41-33)26-11-5-2-6-12-26/h1-6,9-12,14-19,21-22,34H,7-8,13,20,24H2,(H,43,44)/b15-14?,17-16+/t34-/m0/s1. The molecule has 1 aliphatic heterocycles. The predicted molar refractivity (Wildman–Crippen MR) is 166 cm³/mol. The van der Waals surface area contributed by atoms with Crippen molar-refractivity contribution >= 4 is 30.3 Å². The fraction of sp³-hybridized carbons (Fsp3) is 0.194. The van der Waals surface area contributed by atoms with Gasteiger partial charge >= 0.3 is 12.1 Å². The Morgan fingerprint density at radius 1 is 0.955 bits per heavy atom. The molecular weight excluding hydrogens is 563 g/mol. The molecule has 0 spiro atoms. The second kappa shape index (κ2) is 13.5. The summed E-state index contributed by atoms with van der Waals surface area (Å²) < 4.78 is 43.6. The lowest BCUT2D eigenvalue weighted by atomic mass is 9.94. The number of piperidine rings is 1. The minimum absolute atomic E-state index is 0.0672. The van der Waals surface area contributed by atoms with Gasteiger partial charge in [-0.15, -0.1) is 0 Å². The smallest absolute Gasteiger partial charge is 0.416 e. The summed E-state index contributed by atoms with van der Waals surface area (Å²) in [5.74, 6) is -0.972. The second-order valence-corrected chi connectivity index (χ2v) is 10.6. The van der Waals surface area contributed by atoms with Crippen molar-refractivity contribution in [3.8, 4) is 17.2 Å². The highest BCUT2D eigenvalue weighted by Crippen LogP contribution is 2.36. The van der Waals surface area contributed by atoms with Crippen molar-refractivity contribution in [2.75, 3.05) is 6.54 Å². The number of carboxylic acids is 1. The van der Waals surface area contributed by atoms with Crippen LogP contribution in [0.15, 0.2) is 85.1 Å². The number of halogens is 3. The molecule has 8 heteroatoms. The number of aliphatic carboxylic acids is 1. The number of hydrogen-bond acceptors (Lipinski definition) is 4. The molecule has 0 saturated carbocycles. The van der Waals surface area contributed by atoms with Crippen molar-refractivity contribution < 1.29 is 23.1 Å². The van der Waals surface area contributed by atoms with Gasteiger partial charge in [0.1, 0.15) is 12.1 Å². The van der Waals surface area contributed by atoms with Gasteiger partial charge in [0.2, 0.25) is 0 Å². The number of alkyl halides is 3. The lowest BCUT2D eigenvalue weighted by Gasteiger charge is -2.33. The lowest BCUT2D eigenvalue weighted by Crippen LogP contribution is -2.44. The Labute approximate surface area is 254 Å². The van der Waals surface area contributed by atoms with Gasteiger partial charge < -0.3 is 5.11 Å². The fourth-order valence-corrected chi connectivity index (χ4v) is 5.53. The molecule has 1 fully saturated rings. The van der Waals surface area contributed by atoms with E-state index in [0.717, 1.165) is 30.0 Å². The van der Waals surface area contributed by atoms with Gasteiger partial charge in [0.15, 0.2) is 0 Å². The van der Waals surface area contributed by atoms with Gasteiger partial charge in [-0.1, -0.05) is 85.3 Å². The minimum Gasteiger partial charge on any atom is -0.480 e. The van der Waals surface area contributed by atoms with E-state index in [1.807, 2.05) is 66.7 Å². The fourth-order valence-electron chi connectivity index (χ4n) is 5.53. The summed E-state index contributed by atoms with van der Waals surface area (Å²) in [6, 6.07) is 24.4. The largest absolute Gasteiger partial charge is 0.480 e. The number of likely N-dealkylation sites (tertiary alicyclic amines) is 1. The number of pyridine rings is 1. The first-order valence-corrected chi connectivity index (χ1v) is 14.3. The minimum atomic E-state index is -4.68. The van der Waals surface area contributed by atoms with Crippen LogP contribution >= 0.6 is 0 Å². The molecule has 0 unspecified atom stereocenters. The van der Waals surface area contributed by atoms with Gasteiger partial charge in [-0.25, -0.2) is 0 Å². The van der Waals surface area contributed by atoms with E-state index < -0.39 is 23.8 Å². The van der Waals surface area contributed by atoms with Gasteiger partial charge in [-0.05, 0) is 71.5 Å². The topological polar surface area (TPSA) is 77.2 Å². The van der Waals surface area contributed by atoms with Crippen LogP contribution in [0, 0.1) is 11.3 Å². The number of benzene rings is 3. The van der Waals surface area contributed by atoms with Gasteiger partial charge in [0.05, 0.1) is 16.8 Å². The molecule has 0 amide bonds. The molecule has 0 radical (unpaired) electrons. The SMILES string of the molecule is N#Cc1c(-c2ccccc2)ccnc1/C=C/c1cc(C=Cc2ccccc2)c(CN2CCCC[C@H]2C(=O)O)cc1C(F)(F)F. The van der Waals surface area contributed by atoms with E-state index in [2.05, 4.69) is 11.1 Å². The molecule has 4 aromatic rings. The third kappa shape index (κ3) is 7.13. The van der Waals surface area contributed by atoms with Crippen molar-refractivity contribution in [2.24, 2.45) is 0 Å². The summed E-state index contributed by atoms with van der Waals surface area (Å²) >= 11 is 0. The molecular formula is C36H30F3N3O2. The van der Waals surface area contributed by atoms with E-state index in [-0.39, 0.29) is 23.4 Å². The Kier molecular flexibility index (Phi) is 9.37. The summed E-state index contributed by atoms with van der Waals surface area (Å²) in [6.07, 6.45) is 5.20. The van der Waals surface area contributed by atoms with Crippen LogP contribution in [-0.2, 0) is 17.5 Å². The van der Waals surface area contributed by atoms with Crippen LogP contribution in [0.25, 0.3) is 35.4 Å². The van der Waals surface area contributed by atoms with E-state index in [9.17, 15) is 28.3 Å². The third-order valence-corrected chi connectivity index (χ3v) is 7.74. The van der Waals surface area contributed by atoms with E-state index in [1.54, 1.807) is 17.0 Å². The maximum Gasteiger partial charge on any atom is 0.416 e. The molecule has 1 saturated heterocycles. The Morgan fingerprint density at radius 2 is 1.66 bits per heavy atom. The van der Waals surface area contributed by atoms with Crippen LogP contribution in [0.5, 0.6) is 0 Å². The van der Waals surface area contributed by atoms with Crippen molar-refractivity contribution in [3.05, 3.63) is 124 Å². The third-order valence-electron chi connectivity index (χ3n) is 7.74. The molecule has 5 rings (SSSR count). The van der Waals surface area contributed by atoms with Crippen LogP contribution in [0.3, 0.4) is 0 Å². The van der Waals surface area contributed by atoms with Crippen molar-refractivity contribution in [1.29, 1.82) is 5.26 Å². The highest BCUT2D eigenvalue weighted by molar-refractivity contribution is 5.81. The van der Waals surface area contributed by atoms with Gasteiger partial charge in [-0.2, -0.15) is 18.4 Å². The summed E-state index contributed by atoms with van der Waals surface area (Å²) in [6.45, 7) is 0.555. The number of nitrogens with zero attached hydrogens (tertiary/aromatic N) is 3. The van der Waals surface area contributed by atoms with Gasteiger partial charge in [-0.3, -0.25) is 14.7 Å². The zero-order chi connectivity index (χ0) is 31.1. The molecule has 1 atom stereocenters. The van der Waals surface area contributed by atoms with E-state index in [1.165, 1.54) is 24.4 Å². The van der Waals surface area contributed by atoms with Crippen molar-refractivity contribution in [2.45, 2.75) is 38.0 Å². The molecule has 1 aliphatic rings. The number of carbonyl (C=O) groups is 1. The van der Waals surface area contributed by atoms with Crippen LogP contribution in [0.4, 0.5) is 13.2 Å². The van der Waals surface area contributed by atoms with E-state index >= 15 is 0 Å². The quantitative estimate of drug-likeness (QED) is 0.208. The van der Waals surface area contributed by atoms with Crippen molar-refractivity contribution in [1.82, 2.24) is 9.88 Å². The number of rotatable bonds is 8. The summed E-state index contributed by atoms with van der Waals surface area (Å²) in [5.41, 5.74) is 2.82. The highest BCUT2D eigenvalue weighted by atomic mass is 19.4. The molecule has 1 N–H and O–H groups in total. The Bertz CT molecular complexity index is 1730. The van der Waals surface area contributed by atoms with Crippen LogP contribution < -0.4 is 0 Å². The molecule has 2 heterocycles. The normalized spacial score (nSPS) is 15.9. The van der Waals surface area contributed by atoms with E-state index in [4.69, 9.17) is 0 Å². The summed E-state index contributed by atoms with van der Waals surface area (Å²) in [4.78, 5) is 18.0. The predicted octanol–water partition coefficient (Wildman–Crippen LogP) is 8.42. The average Bonchev–Trinajstić information content (AvgIpc) is 3.03. The first kappa shape index (κ1) is 30.5. The zero-order valence-corrected chi connectivity index (χ0v) is 23.8. The van der Waals surface area contributed by atoms with Crippen LogP contribution in [0.1, 0.15) is 58.3 Å². The maximum absolute atomic E-state index is 14.5. The molecule has 1 aromatic heterocycles. The maximum atomic E-state index is 14.5. The summed E-state index contributed by atoms with van der Waals surface area (Å²) in [7, 11) is 0. The first-order valence-electron chi connectivity index (χ1n) is 14.3. The number of hydrogen-bond donors (Lipinski definition) is 1. The zero-order valence-electron chi connectivity index (χ0n) is 23.8. The average molecular weight is 594 g/mol. The van der Waals surface area contributed by atoms with E-state index in [0.29, 0.717) is 29.7 Å². The van der Waals surface area contributed by atoms with Gasteiger partial charge in [0.25, 0.3) is 0 Å². The Hall–Kier alpha value is -5.00. The molecule has 0 bridgehead atoms. The first-order chi connectivity index (χ1) is 21.2. The number of nitriles is 1. The van der Waals surface area contributed by atoms with Crippen LogP contribution in [-0.4, -0.2) is 33.5 Å². The van der Waals surface area contributed by atoms with Crippen LogP contribution in [0.2, 0.25) is 0 Å². The summed E-state index contributed by atoms with van der Waals surface area (Å²) in [5, 5.41) is 19.7. The Morgan fingerprint density at radius 3 is 2.34 bits per heavy atom. The number of aromatic nitrogens is 1. The number of carboxylic acid groups (broad SMARTS) is 1. The second-order valence-electron chi connectivity index (χ2n) is 10.6. The highest BCUT2D eigenvalue weighted by Gasteiger charge is 2.35. The molecule has 5 nitrogen and oxygen atoms in total. The molecule has 222 valence electrons. The lowest BCUT2D eigenvalue weighted by molar-refractivity contribution is -0.145. The molecule has 3 aromatic carbocycles. The Balaban J connectivity index is 1.61. The monoisotopic (exact) mass is 593 g/mol. The molecule has 0 aliphatic carbocycles. The molecule has 44 heavy (non-hydrogen) atoms. The van der Waals surface area contributed by atoms with Gasteiger partial charge in [0, 0.05) is 18.3 Å².